The van der Waals surface area contributed by atoms with Crippen molar-refractivity contribution in [2.45, 2.75) is 57.4 Å². The number of ether oxygens (including phenoxy) is 1. The van der Waals surface area contributed by atoms with Crippen molar-refractivity contribution >= 4 is 11.7 Å². The van der Waals surface area contributed by atoms with Gasteiger partial charge >= 0.3 is 5.97 Å². The summed E-state index contributed by atoms with van der Waals surface area (Å²) in [6.45, 7) is 4.47. The van der Waals surface area contributed by atoms with Gasteiger partial charge in [0.1, 0.15) is 6.61 Å². The molecule has 3 aliphatic heterocycles. The van der Waals surface area contributed by atoms with Gasteiger partial charge in [0.15, 0.2) is 5.60 Å². The van der Waals surface area contributed by atoms with Crippen molar-refractivity contribution in [3.63, 3.8) is 0 Å². The van der Waals surface area contributed by atoms with Crippen molar-refractivity contribution in [2.75, 3.05) is 5.32 Å². The van der Waals surface area contributed by atoms with E-state index >= 15 is 0 Å². The van der Waals surface area contributed by atoms with Crippen LogP contribution in [-0.4, -0.2) is 15.6 Å². The van der Waals surface area contributed by atoms with Gasteiger partial charge in [-0.2, -0.15) is 0 Å². The van der Waals surface area contributed by atoms with Crippen molar-refractivity contribution < 1.29 is 14.6 Å². The Balaban J connectivity index is 1.69. The van der Waals surface area contributed by atoms with E-state index in [4.69, 9.17) is 4.74 Å². The van der Waals surface area contributed by atoms with Gasteiger partial charge in [0, 0.05) is 29.4 Å². The number of hydrogen-bond donors (Lipinski definition) is 2. The molecule has 0 fully saturated rings. The zero-order chi connectivity index (χ0) is 19.6. The molecule has 146 valence electrons. The summed E-state index contributed by atoms with van der Waals surface area (Å²) in [4.78, 5) is 25.5. The standard InChI is InChI=1S/C22H24N2O4/c1-3-12-13-7-5-6-8-17(13)23-19-14(12)10-24-18(19)9-16-15(20(24)25)11-28-21(26)22(16,27)4-2/h5-9,12,14,19,23,27H,3-4,10-11H2,1-2H3/t12?,14?,19?,22-/m0/s1. The summed E-state index contributed by atoms with van der Waals surface area (Å²) < 4.78 is 6.96. The summed E-state index contributed by atoms with van der Waals surface area (Å²) in [5.41, 5.74) is 2.15. The minimum absolute atomic E-state index is 0.0168. The smallest absolute Gasteiger partial charge is 0.343 e. The Labute approximate surface area is 163 Å². The molecule has 1 aromatic heterocycles. The average Bonchev–Trinajstić information content (AvgIpc) is 3.08. The highest BCUT2D eigenvalue weighted by molar-refractivity contribution is 5.83. The van der Waals surface area contributed by atoms with Crippen LogP contribution in [0.2, 0.25) is 0 Å². The molecule has 2 N–H and O–H groups in total. The number of benzene rings is 1. The van der Waals surface area contributed by atoms with Crippen LogP contribution in [0.1, 0.15) is 61.0 Å². The predicted octanol–water partition coefficient (Wildman–Crippen LogP) is 2.79. The van der Waals surface area contributed by atoms with E-state index in [0.29, 0.717) is 23.6 Å². The first-order chi connectivity index (χ1) is 13.5. The fourth-order valence-corrected chi connectivity index (χ4v) is 5.31. The molecule has 28 heavy (non-hydrogen) atoms. The van der Waals surface area contributed by atoms with Gasteiger partial charge in [-0.3, -0.25) is 4.79 Å². The van der Waals surface area contributed by atoms with E-state index in [1.165, 1.54) is 5.56 Å². The van der Waals surface area contributed by atoms with E-state index in [1.807, 2.05) is 16.7 Å². The lowest BCUT2D eigenvalue weighted by molar-refractivity contribution is -0.172. The summed E-state index contributed by atoms with van der Waals surface area (Å²) in [5.74, 6) is -0.0701. The molecule has 0 amide bonds. The van der Waals surface area contributed by atoms with Gasteiger partial charge in [-0.05, 0) is 36.5 Å². The van der Waals surface area contributed by atoms with Crippen LogP contribution in [0.25, 0.3) is 0 Å². The number of pyridine rings is 1. The maximum Gasteiger partial charge on any atom is 0.343 e. The van der Waals surface area contributed by atoms with Crippen LogP contribution in [0.4, 0.5) is 5.69 Å². The number of aliphatic hydroxyl groups is 1. The van der Waals surface area contributed by atoms with Crippen LogP contribution in [0.15, 0.2) is 35.1 Å². The van der Waals surface area contributed by atoms with E-state index in [1.54, 1.807) is 6.92 Å². The third-order valence-electron chi connectivity index (χ3n) is 6.84. The molecule has 0 radical (unpaired) electrons. The van der Waals surface area contributed by atoms with Gasteiger partial charge in [0.25, 0.3) is 5.56 Å². The number of nitrogens with one attached hydrogen (secondary N) is 1. The topological polar surface area (TPSA) is 80.6 Å². The maximum atomic E-state index is 13.3. The number of carbonyl (C=O) groups excluding carboxylic acids is 1. The van der Waals surface area contributed by atoms with Crippen LogP contribution >= 0.6 is 0 Å². The Bertz CT molecular complexity index is 1040. The molecule has 3 aliphatic rings. The first-order valence-electron chi connectivity index (χ1n) is 10.0. The number of hydrogen-bond acceptors (Lipinski definition) is 5. The van der Waals surface area contributed by atoms with Crippen molar-refractivity contribution in [1.29, 1.82) is 0 Å². The zero-order valence-electron chi connectivity index (χ0n) is 16.1. The summed E-state index contributed by atoms with van der Waals surface area (Å²) in [7, 11) is 0. The molecule has 4 heterocycles. The number of para-hydroxylation sites is 1. The second kappa shape index (κ2) is 5.95. The highest BCUT2D eigenvalue weighted by Crippen LogP contribution is 2.50. The molecule has 0 saturated carbocycles. The molecule has 0 spiro atoms. The molecular weight excluding hydrogens is 356 g/mol. The summed E-state index contributed by atoms with van der Waals surface area (Å²) in [5, 5.41) is 14.6. The summed E-state index contributed by atoms with van der Waals surface area (Å²) in [6, 6.07) is 10.1. The molecule has 1 aromatic carbocycles. The molecule has 2 aromatic rings. The molecule has 4 atom stereocenters. The number of fused-ring (bicyclic) bond motifs is 5. The van der Waals surface area contributed by atoms with Gasteiger partial charge in [-0.15, -0.1) is 0 Å². The maximum absolute atomic E-state index is 13.3. The fraction of sp³-hybridized carbons (Fsp3) is 0.455. The second-order valence-electron chi connectivity index (χ2n) is 8.06. The third kappa shape index (κ3) is 2.12. The van der Waals surface area contributed by atoms with Gasteiger partial charge in [-0.1, -0.05) is 32.0 Å². The lowest BCUT2D eigenvalue weighted by Gasteiger charge is -2.36. The Kier molecular flexibility index (Phi) is 3.72. The Morgan fingerprint density at radius 2 is 2.07 bits per heavy atom. The largest absolute Gasteiger partial charge is 0.458 e. The van der Waals surface area contributed by atoms with Crippen molar-refractivity contribution in [3.05, 3.63) is 63.1 Å². The normalized spacial score (nSPS) is 29.8. The van der Waals surface area contributed by atoms with E-state index in [2.05, 4.69) is 30.4 Å². The van der Waals surface area contributed by atoms with Gasteiger partial charge in [-0.25, -0.2) is 4.79 Å². The predicted molar refractivity (Wildman–Crippen MR) is 104 cm³/mol. The molecule has 0 saturated heterocycles. The molecule has 5 rings (SSSR count). The number of cyclic esters (lactones) is 1. The first-order valence-corrected chi connectivity index (χ1v) is 10.0. The van der Waals surface area contributed by atoms with Crippen LogP contribution in [0.3, 0.4) is 0 Å². The average molecular weight is 380 g/mol. The van der Waals surface area contributed by atoms with E-state index in [-0.39, 0.29) is 30.5 Å². The van der Waals surface area contributed by atoms with Crippen LogP contribution in [-0.2, 0) is 28.3 Å². The molecule has 3 unspecified atom stereocenters. The zero-order valence-corrected chi connectivity index (χ0v) is 16.1. The highest BCUT2D eigenvalue weighted by atomic mass is 16.6. The minimum atomic E-state index is -1.75. The lowest BCUT2D eigenvalue weighted by atomic mass is 9.76. The quantitative estimate of drug-likeness (QED) is 0.783. The Hall–Kier alpha value is -2.60. The minimum Gasteiger partial charge on any atom is -0.458 e. The Morgan fingerprint density at radius 3 is 2.82 bits per heavy atom. The van der Waals surface area contributed by atoms with Crippen LogP contribution in [0, 0.1) is 5.92 Å². The summed E-state index contributed by atoms with van der Waals surface area (Å²) >= 11 is 0. The molecule has 0 bridgehead atoms. The third-order valence-corrected chi connectivity index (χ3v) is 6.84. The van der Waals surface area contributed by atoms with Crippen LogP contribution in [0.5, 0.6) is 0 Å². The summed E-state index contributed by atoms with van der Waals surface area (Å²) in [6.07, 6.45) is 1.16. The number of anilines is 1. The Morgan fingerprint density at radius 1 is 1.29 bits per heavy atom. The first kappa shape index (κ1) is 17.5. The van der Waals surface area contributed by atoms with Crippen molar-refractivity contribution in [3.8, 4) is 0 Å². The lowest BCUT2D eigenvalue weighted by Crippen LogP contribution is -2.44. The van der Waals surface area contributed by atoms with Gasteiger partial charge in [0.05, 0.1) is 11.6 Å². The van der Waals surface area contributed by atoms with Gasteiger partial charge in [0.2, 0.25) is 0 Å². The van der Waals surface area contributed by atoms with E-state index < -0.39 is 11.6 Å². The molecular formula is C22H24N2O4. The number of rotatable bonds is 2. The molecule has 6 heteroatoms. The van der Waals surface area contributed by atoms with Gasteiger partial charge < -0.3 is 19.7 Å². The van der Waals surface area contributed by atoms with Crippen LogP contribution < -0.4 is 10.9 Å². The monoisotopic (exact) mass is 380 g/mol. The molecule has 0 aliphatic carbocycles. The van der Waals surface area contributed by atoms with Crippen molar-refractivity contribution in [1.82, 2.24) is 4.57 Å². The number of carbonyl (C=O) groups is 1. The van der Waals surface area contributed by atoms with E-state index in [0.717, 1.165) is 17.8 Å². The number of aromatic nitrogens is 1. The fourth-order valence-electron chi connectivity index (χ4n) is 5.31. The second-order valence-corrected chi connectivity index (χ2v) is 8.06. The van der Waals surface area contributed by atoms with E-state index in [9.17, 15) is 14.7 Å². The number of nitrogens with zero attached hydrogens (tertiary/aromatic N) is 1. The highest BCUT2D eigenvalue weighted by Gasteiger charge is 2.48. The van der Waals surface area contributed by atoms with Crippen molar-refractivity contribution in [2.24, 2.45) is 5.92 Å². The number of esters is 1. The molecule has 6 nitrogen and oxygen atoms in total. The SMILES string of the molecule is CCC1c2ccccc2NC2c3cc4c(c(=O)n3CC12)COC(=O)[C@]4(O)CC.